The highest BCUT2D eigenvalue weighted by molar-refractivity contribution is 7.92. The van der Waals surface area contributed by atoms with Crippen LogP contribution in [0.25, 0.3) is 11.0 Å². The van der Waals surface area contributed by atoms with Crippen molar-refractivity contribution in [2.45, 2.75) is 11.3 Å². The van der Waals surface area contributed by atoms with Crippen molar-refractivity contribution in [1.29, 1.82) is 0 Å². The molecule has 1 saturated heterocycles. The van der Waals surface area contributed by atoms with Crippen molar-refractivity contribution in [2.24, 2.45) is 5.92 Å². The molecule has 1 aromatic heterocycles. The second-order valence-corrected chi connectivity index (χ2v) is 9.65. The SMILES string of the molecule is C=CS(=O)(=O)NC[C@H]1CCN(S(=O)(=O)c2ccc3ncc(=O)[nH]c3c2)C1. The van der Waals surface area contributed by atoms with Gasteiger partial charge in [-0.25, -0.2) is 26.5 Å². The lowest BCUT2D eigenvalue weighted by Gasteiger charge is -2.17. The molecule has 0 bridgehead atoms. The number of aromatic nitrogens is 2. The molecule has 0 saturated carbocycles. The minimum Gasteiger partial charge on any atom is -0.319 e. The molecule has 0 amide bonds. The maximum Gasteiger partial charge on any atom is 0.266 e. The van der Waals surface area contributed by atoms with Gasteiger partial charge in [0.2, 0.25) is 20.0 Å². The normalized spacial score (nSPS) is 19.0. The summed E-state index contributed by atoms with van der Waals surface area (Å²) in [5, 5.41) is 0.820. The standard InChI is InChI=1S/C15H18N4O5S2/c1-2-25(21,22)17-8-11-5-6-19(10-11)26(23,24)12-3-4-13-14(7-12)18-15(20)9-16-13/h2-4,7,9,11,17H,1,5-6,8,10H2,(H,18,20)/t11-/m1/s1. The first kappa shape index (κ1) is 18.7. The van der Waals surface area contributed by atoms with E-state index in [0.29, 0.717) is 24.0 Å². The van der Waals surface area contributed by atoms with Gasteiger partial charge in [-0.3, -0.25) is 4.79 Å². The van der Waals surface area contributed by atoms with Crippen LogP contribution in [0.3, 0.4) is 0 Å². The number of hydrogen-bond donors (Lipinski definition) is 2. The van der Waals surface area contributed by atoms with Gasteiger partial charge in [-0.15, -0.1) is 0 Å². The quantitative estimate of drug-likeness (QED) is 0.704. The van der Waals surface area contributed by atoms with Crippen molar-refractivity contribution in [3.8, 4) is 0 Å². The first-order valence-corrected chi connectivity index (χ1v) is 10.8. The Morgan fingerprint density at radius 3 is 2.85 bits per heavy atom. The molecule has 1 aliphatic heterocycles. The minimum absolute atomic E-state index is 0.0565. The molecule has 1 fully saturated rings. The summed E-state index contributed by atoms with van der Waals surface area (Å²) in [4.78, 5) is 17.9. The van der Waals surface area contributed by atoms with E-state index in [1.807, 2.05) is 0 Å². The van der Waals surface area contributed by atoms with Gasteiger partial charge in [-0.1, -0.05) is 6.58 Å². The van der Waals surface area contributed by atoms with Gasteiger partial charge in [0.15, 0.2) is 0 Å². The van der Waals surface area contributed by atoms with Crippen LogP contribution in [-0.4, -0.2) is 50.7 Å². The molecule has 3 rings (SSSR count). The third-order valence-corrected chi connectivity index (χ3v) is 7.09. The molecule has 11 heteroatoms. The van der Waals surface area contributed by atoms with Crippen molar-refractivity contribution in [2.75, 3.05) is 19.6 Å². The summed E-state index contributed by atoms with van der Waals surface area (Å²) < 4.78 is 52.2. The van der Waals surface area contributed by atoms with E-state index < -0.39 is 25.6 Å². The molecule has 1 aliphatic rings. The Morgan fingerprint density at radius 2 is 2.12 bits per heavy atom. The van der Waals surface area contributed by atoms with Gasteiger partial charge >= 0.3 is 0 Å². The summed E-state index contributed by atoms with van der Waals surface area (Å²) in [5.74, 6) is -0.124. The lowest BCUT2D eigenvalue weighted by molar-refractivity contribution is 0.455. The van der Waals surface area contributed by atoms with Crippen molar-refractivity contribution in [3.05, 3.63) is 46.7 Å². The van der Waals surface area contributed by atoms with Crippen molar-refractivity contribution in [3.63, 3.8) is 0 Å². The number of fused-ring (bicyclic) bond motifs is 1. The van der Waals surface area contributed by atoms with Gasteiger partial charge in [-0.2, -0.15) is 4.31 Å². The first-order chi connectivity index (χ1) is 12.2. The summed E-state index contributed by atoms with van der Waals surface area (Å²) >= 11 is 0. The van der Waals surface area contributed by atoms with Crippen LogP contribution >= 0.6 is 0 Å². The predicted molar refractivity (Wildman–Crippen MR) is 96.3 cm³/mol. The average Bonchev–Trinajstić information content (AvgIpc) is 3.09. The monoisotopic (exact) mass is 398 g/mol. The maximum absolute atomic E-state index is 12.8. The molecule has 0 radical (unpaired) electrons. The predicted octanol–water partition coefficient (Wildman–Crippen LogP) is -0.00340. The highest BCUT2D eigenvalue weighted by Gasteiger charge is 2.33. The summed E-state index contributed by atoms with van der Waals surface area (Å²) in [6.45, 7) is 3.87. The Balaban J connectivity index is 1.78. The van der Waals surface area contributed by atoms with E-state index in [0.717, 1.165) is 11.6 Å². The Labute approximate surface area is 150 Å². The van der Waals surface area contributed by atoms with Crippen molar-refractivity contribution < 1.29 is 16.8 Å². The van der Waals surface area contributed by atoms with Crippen LogP contribution in [0.5, 0.6) is 0 Å². The lowest BCUT2D eigenvalue weighted by Crippen LogP contribution is -2.32. The lowest BCUT2D eigenvalue weighted by atomic mass is 10.1. The average molecular weight is 398 g/mol. The number of hydrogen-bond acceptors (Lipinski definition) is 6. The Bertz CT molecular complexity index is 1110. The highest BCUT2D eigenvalue weighted by atomic mass is 32.2. The highest BCUT2D eigenvalue weighted by Crippen LogP contribution is 2.25. The third kappa shape index (κ3) is 3.85. The van der Waals surface area contributed by atoms with Gasteiger partial charge in [0.05, 0.1) is 22.1 Å². The summed E-state index contributed by atoms with van der Waals surface area (Å²) in [5.41, 5.74) is 0.414. The molecule has 1 aromatic carbocycles. The second-order valence-electron chi connectivity index (χ2n) is 6.00. The molecule has 2 N–H and O–H groups in total. The summed E-state index contributed by atoms with van der Waals surface area (Å²) in [7, 11) is -7.28. The van der Waals surface area contributed by atoms with E-state index >= 15 is 0 Å². The topological polar surface area (TPSA) is 129 Å². The van der Waals surface area contributed by atoms with Crippen molar-refractivity contribution >= 4 is 31.1 Å². The van der Waals surface area contributed by atoms with Crippen LogP contribution < -0.4 is 10.3 Å². The Hall–Kier alpha value is -2.08. The van der Waals surface area contributed by atoms with E-state index in [9.17, 15) is 21.6 Å². The van der Waals surface area contributed by atoms with E-state index in [1.54, 1.807) is 0 Å². The number of nitrogens with one attached hydrogen (secondary N) is 2. The number of aromatic amines is 1. The molecule has 9 nitrogen and oxygen atoms in total. The molecule has 1 atom stereocenters. The van der Waals surface area contributed by atoms with Crippen molar-refractivity contribution in [1.82, 2.24) is 19.0 Å². The summed E-state index contributed by atoms with van der Waals surface area (Å²) in [6, 6.07) is 4.35. The fraction of sp³-hybridized carbons (Fsp3) is 0.333. The van der Waals surface area contributed by atoms with Gasteiger partial charge in [0.25, 0.3) is 5.56 Å². The molecular formula is C15H18N4O5S2. The number of rotatable bonds is 6. The third-order valence-electron chi connectivity index (χ3n) is 4.23. The molecule has 2 heterocycles. The number of benzene rings is 1. The number of sulfonamides is 2. The maximum atomic E-state index is 12.8. The zero-order valence-electron chi connectivity index (χ0n) is 13.8. The molecule has 0 unspecified atom stereocenters. The van der Waals surface area contributed by atoms with E-state index in [-0.39, 0.29) is 23.9 Å². The smallest absolute Gasteiger partial charge is 0.266 e. The minimum atomic E-state index is -3.75. The van der Waals surface area contributed by atoms with Crippen LogP contribution in [0.2, 0.25) is 0 Å². The largest absolute Gasteiger partial charge is 0.319 e. The Kier molecular flexibility index (Phi) is 4.97. The molecular weight excluding hydrogens is 380 g/mol. The van der Waals surface area contributed by atoms with Gasteiger partial charge in [0, 0.05) is 25.0 Å². The Morgan fingerprint density at radius 1 is 1.35 bits per heavy atom. The van der Waals surface area contributed by atoms with Crippen LogP contribution in [0.15, 0.2) is 46.1 Å². The van der Waals surface area contributed by atoms with Crippen LogP contribution in [0, 0.1) is 5.92 Å². The molecule has 140 valence electrons. The zero-order valence-corrected chi connectivity index (χ0v) is 15.4. The van der Waals surface area contributed by atoms with Crippen LogP contribution in [0.1, 0.15) is 6.42 Å². The number of nitrogens with zero attached hydrogens (tertiary/aromatic N) is 2. The van der Waals surface area contributed by atoms with Gasteiger partial charge in [-0.05, 0) is 30.5 Å². The van der Waals surface area contributed by atoms with E-state index in [4.69, 9.17) is 0 Å². The fourth-order valence-corrected chi connectivity index (χ4v) is 4.95. The van der Waals surface area contributed by atoms with E-state index in [1.165, 1.54) is 22.5 Å². The zero-order chi connectivity index (χ0) is 18.9. The van der Waals surface area contributed by atoms with Gasteiger partial charge < -0.3 is 4.98 Å². The molecule has 0 spiro atoms. The van der Waals surface area contributed by atoms with Gasteiger partial charge in [0.1, 0.15) is 0 Å². The molecule has 0 aliphatic carbocycles. The molecule has 26 heavy (non-hydrogen) atoms. The van der Waals surface area contributed by atoms with E-state index in [2.05, 4.69) is 21.3 Å². The number of H-pyrrole nitrogens is 1. The second kappa shape index (κ2) is 6.91. The summed E-state index contributed by atoms with van der Waals surface area (Å²) in [6.07, 6.45) is 1.68. The van der Waals surface area contributed by atoms with Crippen LogP contribution in [0.4, 0.5) is 0 Å². The fourth-order valence-electron chi connectivity index (χ4n) is 2.81. The molecule has 2 aromatic rings. The first-order valence-electron chi connectivity index (χ1n) is 7.82. The van der Waals surface area contributed by atoms with Crippen LogP contribution in [-0.2, 0) is 20.0 Å².